The van der Waals surface area contributed by atoms with Gasteiger partial charge in [-0.2, -0.15) is 0 Å². The molecule has 2 aliphatic heterocycles. The Morgan fingerprint density at radius 3 is 2.71 bits per heavy atom. The fraction of sp³-hybridized carbons (Fsp3) is 0.360. The highest BCUT2D eigenvalue weighted by molar-refractivity contribution is 5.98. The lowest BCUT2D eigenvalue weighted by Gasteiger charge is -2.45. The summed E-state index contributed by atoms with van der Waals surface area (Å²) in [6.45, 7) is 6.98. The minimum Gasteiger partial charge on any atom is -0.361 e. The molecule has 2 atom stereocenters. The van der Waals surface area contributed by atoms with Crippen LogP contribution < -0.4 is 5.32 Å². The Balaban J connectivity index is 1.28. The van der Waals surface area contributed by atoms with Gasteiger partial charge in [0.05, 0.1) is 0 Å². The summed E-state index contributed by atoms with van der Waals surface area (Å²) in [7, 11) is 0. The van der Waals surface area contributed by atoms with E-state index in [1.165, 1.54) is 16.7 Å². The third-order valence-electron chi connectivity index (χ3n) is 6.74. The molecule has 6 nitrogen and oxygen atoms in total. The molecule has 2 amide bonds. The van der Waals surface area contributed by atoms with Gasteiger partial charge in [0, 0.05) is 49.7 Å². The molecule has 6 heteroatoms. The maximum absolute atomic E-state index is 13.2. The van der Waals surface area contributed by atoms with E-state index >= 15 is 0 Å². The zero-order valence-electron chi connectivity index (χ0n) is 18.0. The van der Waals surface area contributed by atoms with Gasteiger partial charge in [0.25, 0.3) is 0 Å². The lowest BCUT2D eigenvalue weighted by molar-refractivity contribution is -0.153. The Kier molecular flexibility index (Phi) is 5.02. The van der Waals surface area contributed by atoms with Crippen LogP contribution in [0.15, 0.2) is 48.7 Å². The van der Waals surface area contributed by atoms with Crippen molar-refractivity contribution in [3.05, 3.63) is 70.9 Å². The molecule has 2 fully saturated rings. The van der Waals surface area contributed by atoms with E-state index in [0.29, 0.717) is 19.5 Å². The van der Waals surface area contributed by atoms with Crippen LogP contribution in [0.2, 0.25) is 0 Å². The van der Waals surface area contributed by atoms with Crippen molar-refractivity contribution in [3.63, 3.8) is 0 Å². The molecule has 0 bridgehead atoms. The Hall–Kier alpha value is -3.12. The van der Waals surface area contributed by atoms with Crippen LogP contribution in [0.3, 0.4) is 0 Å². The topological polar surface area (TPSA) is 68.4 Å². The number of hydrogen-bond acceptors (Lipinski definition) is 3. The maximum Gasteiger partial charge on any atom is 0.246 e. The highest BCUT2D eigenvalue weighted by Gasteiger charge is 2.43. The molecule has 160 valence electrons. The highest BCUT2D eigenvalue weighted by atomic mass is 16.2. The molecule has 0 spiro atoms. The summed E-state index contributed by atoms with van der Waals surface area (Å²) >= 11 is 0. The minimum atomic E-state index is -0.505. The number of aromatic amines is 1. The van der Waals surface area contributed by atoms with Crippen molar-refractivity contribution in [2.75, 3.05) is 19.6 Å². The molecule has 31 heavy (non-hydrogen) atoms. The molecule has 0 saturated carbocycles. The predicted octanol–water partition coefficient (Wildman–Crippen LogP) is 2.54. The van der Waals surface area contributed by atoms with Gasteiger partial charge in [-0.1, -0.05) is 36.4 Å². The number of carbonyl (C=O) groups excluding carboxylic acids is 2. The van der Waals surface area contributed by atoms with Crippen molar-refractivity contribution in [2.24, 2.45) is 0 Å². The molecule has 0 unspecified atom stereocenters. The van der Waals surface area contributed by atoms with Crippen molar-refractivity contribution in [3.8, 4) is 0 Å². The molecule has 0 aliphatic carbocycles. The van der Waals surface area contributed by atoms with Crippen molar-refractivity contribution in [2.45, 2.75) is 38.9 Å². The maximum atomic E-state index is 13.2. The first-order valence-corrected chi connectivity index (χ1v) is 10.9. The third-order valence-corrected chi connectivity index (χ3v) is 6.74. The SMILES string of the molecule is Cc1ccc(CN2CCN3C(=O)[C@H](Cc4c[nH]c5ccccc45)NC(=O)[C@H]3C2)cc1C. The smallest absolute Gasteiger partial charge is 0.246 e. The minimum absolute atomic E-state index is 0.0284. The average Bonchev–Trinajstić information content (AvgIpc) is 3.17. The number of fused-ring (bicyclic) bond motifs is 2. The third kappa shape index (κ3) is 3.72. The zero-order valence-corrected chi connectivity index (χ0v) is 18.0. The summed E-state index contributed by atoms with van der Waals surface area (Å²) in [5.41, 5.74) is 5.91. The van der Waals surface area contributed by atoms with Gasteiger partial charge in [-0.15, -0.1) is 0 Å². The number of amides is 2. The van der Waals surface area contributed by atoms with Crippen LogP contribution in [0.1, 0.15) is 22.3 Å². The van der Waals surface area contributed by atoms with E-state index in [4.69, 9.17) is 0 Å². The fourth-order valence-corrected chi connectivity index (χ4v) is 4.82. The Morgan fingerprint density at radius 2 is 1.87 bits per heavy atom. The molecule has 2 saturated heterocycles. The molecule has 2 aliphatic rings. The number of para-hydroxylation sites is 1. The number of aryl methyl sites for hydroxylation is 2. The van der Waals surface area contributed by atoms with Crippen molar-refractivity contribution in [1.29, 1.82) is 0 Å². The van der Waals surface area contributed by atoms with Gasteiger partial charge in [0.1, 0.15) is 12.1 Å². The Morgan fingerprint density at radius 1 is 1.03 bits per heavy atom. The second-order valence-corrected chi connectivity index (χ2v) is 8.83. The normalized spacial score (nSPS) is 21.9. The van der Waals surface area contributed by atoms with E-state index in [2.05, 4.69) is 47.2 Å². The van der Waals surface area contributed by atoms with Crippen LogP contribution >= 0.6 is 0 Å². The van der Waals surface area contributed by atoms with Crippen molar-refractivity contribution < 1.29 is 9.59 Å². The predicted molar refractivity (Wildman–Crippen MR) is 121 cm³/mol. The molecule has 1 aromatic heterocycles. The van der Waals surface area contributed by atoms with Crippen LogP contribution in [0.5, 0.6) is 0 Å². The number of nitrogens with zero attached hydrogens (tertiary/aromatic N) is 2. The zero-order chi connectivity index (χ0) is 21.5. The molecular weight excluding hydrogens is 388 g/mol. The van der Waals surface area contributed by atoms with Gasteiger partial charge in [-0.25, -0.2) is 0 Å². The molecule has 5 rings (SSSR count). The van der Waals surface area contributed by atoms with Gasteiger partial charge in [0.15, 0.2) is 0 Å². The fourth-order valence-electron chi connectivity index (χ4n) is 4.82. The molecule has 3 aromatic rings. The number of nitrogens with one attached hydrogen (secondary N) is 2. The number of hydrogen-bond donors (Lipinski definition) is 2. The van der Waals surface area contributed by atoms with Crippen LogP contribution in [0, 0.1) is 13.8 Å². The lowest BCUT2D eigenvalue weighted by atomic mass is 9.98. The molecule has 2 aromatic carbocycles. The molecule has 3 heterocycles. The number of benzene rings is 2. The molecule has 2 N–H and O–H groups in total. The lowest BCUT2D eigenvalue weighted by Crippen LogP contribution is -2.69. The number of carbonyl (C=O) groups is 2. The van der Waals surface area contributed by atoms with E-state index in [1.54, 1.807) is 4.90 Å². The Labute approximate surface area is 182 Å². The quantitative estimate of drug-likeness (QED) is 0.687. The summed E-state index contributed by atoms with van der Waals surface area (Å²) < 4.78 is 0. The van der Waals surface area contributed by atoms with Crippen molar-refractivity contribution in [1.82, 2.24) is 20.1 Å². The van der Waals surface area contributed by atoms with E-state index in [1.807, 2.05) is 30.5 Å². The molecular formula is C25H28N4O2. The first-order chi connectivity index (χ1) is 15.0. The number of H-pyrrole nitrogens is 1. The van der Waals surface area contributed by atoms with E-state index in [-0.39, 0.29) is 11.8 Å². The van der Waals surface area contributed by atoms with Gasteiger partial charge in [-0.05, 0) is 42.2 Å². The number of aromatic nitrogens is 1. The monoisotopic (exact) mass is 416 g/mol. The van der Waals surface area contributed by atoms with Gasteiger partial charge < -0.3 is 15.2 Å². The number of piperazine rings is 2. The second-order valence-electron chi connectivity index (χ2n) is 8.83. The summed E-state index contributed by atoms with van der Waals surface area (Å²) in [5.74, 6) is -0.0186. The van der Waals surface area contributed by atoms with Gasteiger partial charge in [0.2, 0.25) is 11.8 Å². The summed E-state index contributed by atoms with van der Waals surface area (Å²) in [6.07, 6.45) is 2.45. The molecule has 0 radical (unpaired) electrons. The van der Waals surface area contributed by atoms with Crippen LogP contribution in [-0.2, 0) is 22.6 Å². The first kappa shape index (κ1) is 19.8. The second kappa shape index (κ2) is 7.85. The largest absolute Gasteiger partial charge is 0.361 e. The summed E-state index contributed by atoms with van der Waals surface area (Å²) in [5, 5.41) is 4.10. The first-order valence-electron chi connectivity index (χ1n) is 10.9. The average molecular weight is 417 g/mol. The van der Waals surface area contributed by atoms with E-state index in [0.717, 1.165) is 29.6 Å². The van der Waals surface area contributed by atoms with E-state index in [9.17, 15) is 9.59 Å². The van der Waals surface area contributed by atoms with Crippen LogP contribution in [-0.4, -0.2) is 58.3 Å². The highest BCUT2D eigenvalue weighted by Crippen LogP contribution is 2.23. The van der Waals surface area contributed by atoms with Crippen LogP contribution in [0.25, 0.3) is 10.9 Å². The standard InChI is InChI=1S/C25H28N4O2/c1-16-7-8-18(11-17(16)2)14-28-9-10-29-23(15-28)24(30)27-22(25(29)31)12-19-13-26-21-6-4-3-5-20(19)21/h3-8,11,13,22-23,26H,9-10,12,14-15H2,1-2H3,(H,27,30)/t22-,23+/m0/s1. The summed E-state index contributed by atoms with van der Waals surface area (Å²) in [4.78, 5) is 33.4. The van der Waals surface area contributed by atoms with E-state index < -0.39 is 12.1 Å². The van der Waals surface area contributed by atoms with Gasteiger partial charge in [-0.3, -0.25) is 14.5 Å². The Bertz CT molecular complexity index is 1150. The van der Waals surface area contributed by atoms with Gasteiger partial charge >= 0.3 is 0 Å². The van der Waals surface area contributed by atoms with Crippen LogP contribution in [0.4, 0.5) is 0 Å². The number of rotatable bonds is 4. The summed E-state index contributed by atoms with van der Waals surface area (Å²) in [6, 6.07) is 13.6. The van der Waals surface area contributed by atoms with Crippen molar-refractivity contribution >= 4 is 22.7 Å².